The van der Waals surface area contributed by atoms with Crippen LogP contribution in [0, 0.1) is 5.92 Å². The van der Waals surface area contributed by atoms with Gasteiger partial charge in [0.15, 0.2) is 0 Å². The van der Waals surface area contributed by atoms with Gasteiger partial charge in [0, 0.05) is 6.54 Å². The zero-order chi connectivity index (χ0) is 17.5. The van der Waals surface area contributed by atoms with Crippen molar-refractivity contribution in [3.63, 3.8) is 0 Å². The Hall–Kier alpha value is -1.07. The molecule has 0 spiro atoms. The number of nitrogens with one attached hydrogen (secondary N) is 1. The van der Waals surface area contributed by atoms with Crippen molar-refractivity contribution < 1.29 is 13.2 Å². The Bertz CT molecular complexity index is 582. The third kappa shape index (κ3) is 5.81. The first-order chi connectivity index (χ1) is 10.9. The summed E-state index contributed by atoms with van der Waals surface area (Å²) in [5.74, 6) is 1.33. The number of rotatable bonds is 10. The third-order valence-electron chi connectivity index (χ3n) is 4.24. The van der Waals surface area contributed by atoms with Crippen molar-refractivity contribution in [2.45, 2.75) is 64.2 Å². The Labute approximate surface area is 141 Å². The highest BCUT2D eigenvalue weighted by atomic mass is 32.2. The standard InChI is InChI=1S/C18H31NO3S/c1-6-8-9-15(7-2)13-19-23(20,21)16-10-11-18(22-5)17(12-16)14(3)4/h10-12,14-15,19H,6-9,13H2,1-5H3. The largest absolute Gasteiger partial charge is 0.496 e. The fraction of sp³-hybridized carbons (Fsp3) is 0.667. The van der Waals surface area contributed by atoms with E-state index in [-0.39, 0.29) is 5.92 Å². The van der Waals surface area contributed by atoms with Crippen molar-refractivity contribution in [1.82, 2.24) is 4.72 Å². The molecule has 0 saturated heterocycles. The number of hydrogen-bond donors (Lipinski definition) is 1. The Balaban J connectivity index is 2.89. The lowest BCUT2D eigenvalue weighted by molar-refractivity contribution is 0.407. The monoisotopic (exact) mass is 341 g/mol. The summed E-state index contributed by atoms with van der Waals surface area (Å²) in [5, 5.41) is 0. The number of sulfonamides is 1. The highest BCUT2D eigenvalue weighted by Crippen LogP contribution is 2.28. The van der Waals surface area contributed by atoms with Gasteiger partial charge >= 0.3 is 0 Å². The van der Waals surface area contributed by atoms with E-state index in [2.05, 4.69) is 18.6 Å². The fourth-order valence-corrected chi connectivity index (χ4v) is 3.74. The fourth-order valence-electron chi connectivity index (χ4n) is 2.58. The molecule has 0 radical (unpaired) electrons. The van der Waals surface area contributed by atoms with Crippen LogP contribution >= 0.6 is 0 Å². The maximum absolute atomic E-state index is 12.5. The first-order valence-electron chi connectivity index (χ1n) is 8.53. The van der Waals surface area contributed by atoms with Crippen LogP contribution in [0.15, 0.2) is 23.1 Å². The van der Waals surface area contributed by atoms with Crippen molar-refractivity contribution in [3.8, 4) is 5.75 Å². The minimum absolute atomic E-state index is 0.202. The molecule has 4 nitrogen and oxygen atoms in total. The van der Waals surface area contributed by atoms with E-state index in [9.17, 15) is 8.42 Å². The van der Waals surface area contributed by atoms with E-state index in [0.717, 1.165) is 37.0 Å². The summed E-state index contributed by atoms with van der Waals surface area (Å²) in [7, 11) is -1.87. The van der Waals surface area contributed by atoms with Crippen LogP contribution in [0.2, 0.25) is 0 Å². The molecule has 0 aliphatic rings. The molecule has 1 unspecified atom stereocenters. The van der Waals surface area contributed by atoms with Crippen LogP contribution in [0.4, 0.5) is 0 Å². The first-order valence-corrected chi connectivity index (χ1v) is 10.0. The van der Waals surface area contributed by atoms with E-state index in [0.29, 0.717) is 17.4 Å². The van der Waals surface area contributed by atoms with E-state index in [1.807, 2.05) is 13.8 Å². The quantitative estimate of drug-likeness (QED) is 0.690. The molecule has 1 aromatic carbocycles. The smallest absolute Gasteiger partial charge is 0.240 e. The molecule has 0 aliphatic heterocycles. The molecule has 1 rings (SSSR count). The van der Waals surface area contributed by atoms with E-state index in [1.165, 1.54) is 0 Å². The Morgan fingerprint density at radius 3 is 2.43 bits per heavy atom. The summed E-state index contributed by atoms with van der Waals surface area (Å²) in [6.45, 7) is 8.82. The second-order valence-electron chi connectivity index (χ2n) is 6.33. The van der Waals surface area contributed by atoms with Crippen LogP contribution in [0.1, 0.15) is 64.9 Å². The highest BCUT2D eigenvalue weighted by Gasteiger charge is 2.19. The summed E-state index contributed by atoms with van der Waals surface area (Å²) in [6, 6.07) is 5.07. The lowest BCUT2D eigenvalue weighted by atomic mass is 10.00. The topological polar surface area (TPSA) is 55.4 Å². The average molecular weight is 342 g/mol. The molecule has 1 atom stereocenters. The van der Waals surface area contributed by atoms with Crippen molar-refractivity contribution in [1.29, 1.82) is 0 Å². The van der Waals surface area contributed by atoms with Gasteiger partial charge in [-0.25, -0.2) is 13.1 Å². The zero-order valence-electron chi connectivity index (χ0n) is 15.1. The zero-order valence-corrected chi connectivity index (χ0v) is 15.9. The van der Waals surface area contributed by atoms with Crippen molar-refractivity contribution in [2.24, 2.45) is 5.92 Å². The number of benzene rings is 1. The first kappa shape index (κ1) is 20.0. The minimum Gasteiger partial charge on any atom is -0.496 e. The van der Waals surface area contributed by atoms with Gasteiger partial charge in [-0.15, -0.1) is 0 Å². The molecule has 0 saturated carbocycles. The Morgan fingerprint density at radius 1 is 1.22 bits per heavy atom. The van der Waals surface area contributed by atoms with Crippen molar-refractivity contribution in [3.05, 3.63) is 23.8 Å². The van der Waals surface area contributed by atoms with E-state index >= 15 is 0 Å². The number of hydrogen-bond acceptors (Lipinski definition) is 3. The van der Waals surface area contributed by atoms with Crippen LogP contribution < -0.4 is 9.46 Å². The summed E-state index contributed by atoms with van der Waals surface area (Å²) < 4.78 is 33.2. The van der Waals surface area contributed by atoms with Crippen LogP contribution in [0.3, 0.4) is 0 Å². The van der Waals surface area contributed by atoms with Gasteiger partial charge in [0.2, 0.25) is 10.0 Å². The lowest BCUT2D eigenvalue weighted by Crippen LogP contribution is -2.29. The summed E-state index contributed by atoms with van der Waals surface area (Å²) in [6.07, 6.45) is 4.33. The summed E-state index contributed by atoms with van der Waals surface area (Å²) >= 11 is 0. The van der Waals surface area contributed by atoms with Gasteiger partial charge < -0.3 is 4.74 Å². The van der Waals surface area contributed by atoms with Gasteiger partial charge in [-0.3, -0.25) is 0 Å². The molecule has 0 fully saturated rings. The predicted molar refractivity (Wildman–Crippen MR) is 95.6 cm³/mol. The number of unbranched alkanes of at least 4 members (excludes halogenated alkanes) is 1. The molecule has 0 heterocycles. The van der Waals surface area contributed by atoms with Gasteiger partial charge in [0.25, 0.3) is 0 Å². The molecule has 23 heavy (non-hydrogen) atoms. The van der Waals surface area contributed by atoms with Crippen LogP contribution in [0.5, 0.6) is 5.75 Å². The van der Waals surface area contributed by atoms with E-state index in [4.69, 9.17) is 4.74 Å². The molecule has 0 aliphatic carbocycles. The second kappa shape index (κ2) is 9.28. The van der Waals surface area contributed by atoms with Crippen LogP contribution in [0.25, 0.3) is 0 Å². The number of ether oxygens (including phenoxy) is 1. The molecule has 132 valence electrons. The highest BCUT2D eigenvalue weighted by molar-refractivity contribution is 7.89. The lowest BCUT2D eigenvalue weighted by Gasteiger charge is -2.17. The molecule has 1 aromatic rings. The third-order valence-corrected chi connectivity index (χ3v) is 5.66. The molecular weight excluding hydrogens is 310 g/mol. The molecule has 0 bridgehead atoms. The van der Waals surface area contributed by atoms with Gasteiger partial charge in [-0.1, -0.05) is 47.0 Å². The summed E-state index contributed by atoms with van der Waals surface area (Å²) in [5.41, 5.74) is 0.911. The van der Waals surface area contributed by atoms with Crippen molar-refractivity contribution in [2.75, 3.05) is 13.7 Å². The van der Waals surface area contributed by atoms with E-state index in [1.54, 1.807) is 25.3 Å². The molecular formula is C18H31NO3S. The maximum Gasteiger partial charge on any atom is 0.240 e. The van der Waals surface area contributed by atoms with Gasteiger partial charge in [0.1, 0.15) is 5.75 Å². The van der Waals surface area contributed by atoms with Gasteiger partial charge in [-0.2, -0.15) is 0 Å². The Kier molecular flexibility index (Phi) is 8.06. The molecule has 5 heteroatoms. The molecule has 0 aromatic heterocycles. The van der Waals surface area contributed by atoms with Crippen molar-refractivity contribution >= 4 is 10.0 Å². The van der Waals surface area contributed by atoms with Gasteiger partial charge in [-0.05, 0) is 42.0 Å². The Morgan fingerprint density at radius 2 is 1.91 bits per heavy atom. The minimum atomic E-state index is -3.48. The van der Waals surface area contributed by atoms with Crippen LogP contribution in [-0.2, 0) is 10.0 Å². The number of methoxy groups -OCH3 is 1. The van der Waals surface area contributed by atoms with Crippen LogP contribution in [-0.4, -0.2) is 22.1 Å². The normalized spacial score (nSPS) is 13.3. The predicted octanol–water partition coefficient (Wildman–Crippen LogP) is 4.31. The average Bonchev–Trinajstić information content (AvgIpc) is 2.54. The maximum atomic E-state index is 12.5. The van der Waals surface area contributed by atoms with E-state index < -0.39 is 10.0 Å². The molecule has 1 N–H and O–H groups in total. The second-order valence-corrected chi connectivity index (χ2v) is 8.09. The molecule has 0 amide bonds. The van der Waals surface area contributed by atoms with Gasteiger partial charge in [0.05, 0.1) is 12.0 Å². The summed E-state index contributed by atoms with van der Waals surface area (Å²) in [4.78, 5) is 0.312. The SMILES string of the molecule is CCCCC(CC)CNS(=O)(=O)c1ccc(OC)c(C(C)C)c1.